The highest BCUT2D eigenvalue weighted by Crippen LogP contribution is 2.33. The summed E-state index contributed by atoms with van der Waals surface area (Å²) in [7, 11) is 0. The van der Waals surface area contributed by atoms with Crippen LogP contribution in [0.2, 0.25) is 0 Å². The fraction of sp³-hybridized carbons (Fsp3) is 0.111. The molecule has 0 unspecified atom stereocenters. The summed E-state index contributed by atoms with van der Waals surface area (Å²) in [6.07, 6.45) is -1.98. The normalized spacial score (nSPS) is 11.7. The van der Waals surface area contributed by atoms with E-state index in [1.54, 1.807) is 41.9 Å². The third-order valence-corrected chi connectivity index (χ3v) is 4.83. The number of halogens is 3. The molecule has 0 radical (unpaired) electrons. The van der Waals surface area contributed by atoms with Gasteiger partial charge in [0, 0.05) is 6.20 Å². The van der Waals surface area contributed by atoms with Crippen LogP contribution in [0.5, 0.6) is 0 Å². The Labute approximate surface area is 160 Å². The number of fused-ring (bicyclic) bond motifs is 1. The maximum absolute atomic E-state index is 13.5. The molecule has 28 heavy (non-hydrogen) atoms. The van der Waals surface area contributed by atoms with Crippen molar-refractivity contribution >= 4 is 22.9 Å². The van der Waals surface area contributed by atoms with Crippen molar-refractivity contribution in [3.63, 3.8) is 0 Å². The molecule has 4 aromatic heterocycles. The molecule has 0 fully saturated rings. The second-order valence-corrected chi connectivity index (χ2v) is 6.75. The molecule has 4 rings (SSSR count). The molecule has 142 valence electrons. The molecule has 1 N–H and O–H groups in total. The van der Waals surface area contributed by atoms with Gasteiger partial charge in [0.2, 0.25) is 0 Å². The van der Waals surface area contributed by atoms with Gasteiger partial charge in [0.25, 0.3) is 5.91 Å². The second kappa shape index (κ2) is 7.04. The molecular weight excluding hydrogens is 391 g/mol. The molecule has 0 bridgehead atoms. The average Bonchev–Trinajstić information content (AvgIpc) is 3.35. The van der Waals surface area contributed by atoms with E-state index in [0.717, 1.165) is 12.3 Å². The number of nitrogens with zero attached hydrogens (tertiary/aromatic N) is 4. The van der Waals surface area contributed by atoms with Crippen LogP contribution >= 0.6 is 11.3 Å². The Balaban J connectivity index is 1.75. The zero-order chi connectivity index (χ0) is 19.7. The van der Waals surface area contributed by atoms with Crippen molar-refractivity contribution < 1.29 is 18.0 Å². The summed E-state index contributed by atoms with van der Waals surface area (Å²) in [4.78, 5) is 21.5. The van der Waals surface area contributed by atoms with E-state index < -0.39 is 17.8 Å². The standard InChI is InChI=1S/C18H12F3N5OS/c19-18(20,21)15-8-13(14-5-3-7-28-14)25-16-12(10-24-26(15)16)17(27)23-9-11-4-1-2-6-22-11/h1-8,10H,9H2,(H,23,27). The Bertz CT molecular complexity index is 1120. The number of carbonyl (C=O) groups is 1. The van der Waals surface area contributed by atoms with Gasteiger partial charge in [0.05, 0.1) is 29.0 Å². The maximum atomic E-state index is 13.5. The monoisotopic (exact) mass is 403 g/mol. The maximum Gasteiger partial charge on any atom is 0.433 e. The fourth-order valence-corrected chi connectivity index (χ4v) is 3.33. The van der Waals surface area contributed by atoms with Crippen LogP contribution in [0.4, 0.5) is 13.2 Å². The number of carbonyl (C=O) groups excluding carboxylic acids is 1. The minimum absolute atomic E-state index is 0.0418. The lowest BCUT2D eigenvalue weighted by Gasteiger charge is -2.11. The van der Waals surface area contributed by atoms with Crippen LogP contribution in [0, 0.1) is 0 Å². The molecule has 4 heterocycles. The number of amides is 1. The summed E-state index contributed by atoms with van der Waals surface area (Å²) >= 11 is 1.26. The molecule has 0 aromatic carbocycles. The molecule has 0 saturated carbocycles. The van der Waals surface area contributed by atoms with Crippen molar-refractivity contribution in [3.8, 4) is 10.6 Å². The van der Waals surface area contributed by atoms with E-state index in [2.05, 4.69) is 20.4 Å². The first-order chi connectivity index (χ1) is 13.4. The fourth-order valence-electron chi connectivity index (χ4n) is 2.64. The number of aromatic nitrogens is 4. The van der Waals surface area contributed by atoms with Gasteiger partial charge in [-0.15, -0.1) is 11.3 Å². The van der Waals surface area contributed by atoms with Gasteiger partial charge in [0.15, 0.2) is 11.3 Å². The summed E-state index contributed by atoms with van der Waals surface area (Å²) < 4.78 is 41.2. The lowest BCUT2D eigenvalue weighted by Crippen LogP contribution is -2.23. The summed E-state index contributed by atoms with van der Waals surface area (Å²) in [5.74, 6) is -0.579. The quantitative estimate of drug-likeness (QED) is 0.563. The van der Waals surface area contributed by atoms with Gasteiger partial charge < -0.3 is 5.32 Å². The van der Waals surface area contributed by atoms with Gasteiger partial charge in [-0.3, -0.25) is 9.78 Å². The molecule has 10 heteroatoms. The van der Waals surface area contributed by atoms with Crippen LogP contribution in [0.15, 0.2) is 54.2 Å². The van der Waals surface area contributed by atoms with Gasteiger partial charge in [0.1, 0.15) is 5.56 Å². The van der Waals surface area contributed by atoms with Crippen molar-refractivity contribution in [1.82, 2.24) is 24.9 Å². The zero-order valence-corrected chi connectivity index (χ0v) is 15.0. The molecule has 0 saturated heterocycles. The van der Waals surface area contributed by atoms with E-state index in [-0.39, 0.29) is 23.4 Å². The van der Waals surface area contributed by atoms with Crippen molar-refractivity contribution in [2.45, 2.75) is 12.7 Å². The van der Waals surface area contributed by atoms with Gasteiger partial charge >= 0.3 is 6.18 Å². The Morgan fingerprint density at radius 1 is 1.21 bits per heavy atom. The van der Waals surface area contributed by atoms with Crippen molar-refractivity contribution in [3.05, 3.63) is 71.1 Å². The highest BCUT2D eigenvalue weighted by Gasteiger charge is 2.36. The van der Waals surface area contributed by atoms with Gasteiger partial charge in [-0.25, -0.2) is 9.50 Å². The number of rotatable bonds is 4. The number of pyridine rings is 1. The van der Waals surface area contributed by atoms with Crippen LogP contribution in [0.3, 0.4) is 0 Å². The van der Waals surface area contributed by atoms with Crippen LogP contribution in [-0.4, -0.2) is 25.5 Å². The third-order valence-electron chi connectivity index (χ3n) is 3.94. The molecule has 0 aliphatic carbocycles. The zero-order valence-electron chi connectivity index (χ0n) is 14.1. The SMILES string of the molecule is O=C(NCc1ccccn1)c1cnn2c(C(F)(F)F)cc(-c3cccs3)nc12. The second-order valence-electron chi connectivity index (χ2n) is 5.80. The summed E-state index contributed by atoms with van der Waals surface area (Å²) in [5, 5.41) is 8.12. The summed E-state index contributed by atoms with van der Waals surface area (Å²) in [5.41, 5.74) is -0.439. The van der Waals surface area contributed by atoms with E-state index >= 15 is 0 Å². The largest absolute Gasteiger partial charge is 0.433 e. The lowest BCUT2D eigenvalue weighted by atomic mass is 10.2. The van der Waals surface area contributed by atoms with Gasteiger partial charge in [-0.1, -0.05) is 12.1 Å². The highest BCUT2D eigenvalue weighted by atomic mass is 32.1. The highest BCUT2D eigenvalue weighted by molar-refractivity contribution is 7.13. The number of alkyl halides is 3. The van der Waals surface area contributed by atoms with Crippen LogP contribution in [-0.2, 0) is 12.7 Å². The van der Waals surface area contributed by atoms with E-state index in [9.17, 15) is 18.0 Å². The smallest absolute Gasteiger partial charge is 0.346 e. The lowest BCUT2D eigenvalue weighted by molar-refractivity contribution is -0.142. The number of nitrogens with one attached hydrogen (secondary N) is 1. The van der Waals surface area contributed by atoms with Gasteiger partial charge in [-0.2, -0.15) is 18.3 Å². The van der Waals surface area contributed by atoms with Crippen molar-refractivity contribution in [2.24, 2.45) is 0 Å². The average molecular weight is 403 g/mol. The number of hydrogen-bond donors (Lipinski definition) is 1. The van der Waals surface area contributed by atoms with Crippen LogP contribution < -0.4 is 5.32 Å². The van der Waals surface area contributed by atoms with E-state index in [1.807, 2.05) is 0 Å². The molecular formula is C18H12F3N5OS. The molecule has 1 amide bonds. The first-order valence-electron chi connectivity index (χ1n) is 8.11. The van der Waals surface area contributed by atoms with E-state index in [1.165, 1.54) is 11.3 Å². The predicted molar refractivity (Wildman–Crippen MR) is 96.7 cm³/mol. The summed E-state index contributed by atoms with van der Waals surface area (Å²) in [6.45, 7) is 0.133. The number of hydrogen-bond acceptors (Lipinski definition) is 5. The topological polar surface area (TPSA) is 72.2 Å². The Morgan fingerprint density at radius 3 is 2.75 bits per heavy atom. The first-order valence-corrected chi connectivity index (χ1v) is 8.99. The Morgan fingerprint density at radius 2 is 2.07 bits per heavy atom. The third kappa shape index (κ3) is 3.46. The molecule has 0 spiro atoms. The minimum atomic E-state index is -4.65. The predicted octanol–water partition coefficient (Wildman–Crippen LogP) is 3.80. The van der Waals surface area contributed by atoms with Crippen LogP contribution in [0.25, 0.3) is 16.2 Å². The molecule has 0 aliphatic heterocycles. The first kappa shape index (κ1) is 18.1. The van der Waals surface area contributed by atoms with Crippen molar-refractivity contribution in [1.29, 1.82) is 0 Å². The molecule has 0 aliphatic rings. The number of thiophene rings is 1. The van der Waals surface area contributed by atoms with E-state index in [4.69, 9.17) is 0 Å². The molecule has 4 aromatic rings. The molecule has 6 nitrogen and oxygen atoms in total. The Hall–Kier alpha value is -3.27. The van der Waals surface area contributed by atoms with E-state index in [0.29, 0.717) is 15.1 Å². The van der Waals surface area contributed by atoms with Gasteiger partial charge in [-0.05, 0) is 29.6 Å². The minimum Gasteiger partial charge on any atom is -0.346 e. The summed E-state index contributed by atoms with van der Waals surface area (Å²) in [6, 6.07) is 9.56. The Kier molecular flexibility index (Phi) is 4.55. The van der Waals surface area contributed by atoms with Crippen LogP contribution in [0.1, 0.15) is 21.7 Å². The molecule has 0 atom stereocenters. The van der Waals surface area contributed by atoms with Crippen molar-refractivity contribution in [2.75, 3.05) is 0 Å².